The third-order valence-corrected chi connectivity index (χ3v) is 13.8. The van der Waals surface area contributed by atoms with Gasteiger partial charge in [-0.3, -0.25) is 19.6 Å². The van der Waals surface area contributed by atoms with E-state index >= 15 is 0 Å². The molecule has 6 rings (SSSR count). The SMILES string of the molecule is CC1(C)C(=O)C(=Cc2cnccn2)C[C@]2(C)[C@H]3CC=C4[C@@H]5C[C@@](C)(C(=O)O)CC[C@]5(C)CC[C@@]4(C)[C@]3(C)CC[C@@H]12. The quantitative estimate of drug-likeness (QED) is 0.302. The van der Waals surface area contributed by atoms with Crippen LogP contribution in [0.4, 0.5) is 0 Å². The number of ketones is 1. The molecular formula is C35H48N2O3. The van der Waals surface area contributed by atoms with Crippen molar-refractivity contribution in [2.45, 2.75) is 106 Å². The number of hydrogen-bond acceptors (Lipinski definition) is 4. The Morgan fingerprint density at radius 1 is 0.975 bits per heavy atom. The standard InChI is InChI=1S/C35H48N2O3/c1-30(2)26-10-11-35(7)27(33(26,5)19-22(28(30)38)18-23-21-36-16-17-37-23)9-8-24-25-20-32(4,29(39)40)13-12-31(25,3)14-15-34(24,35)6/h8,16-18,21,25-27H,9-15,19-20H2,1-7H3,(H,39,40)/t25-,26-,27+,31+,32-,33-,34+,35+/m0/s1. The minimum absolute atomic E-state index is 0.00755. The van der Waals surface area contributed by atoms with E-state index in [0.717, 1.165) is 56.2 Å². The Morgan fingerprint density at radius 3 is 2.38 bits per heavy atom. The molecule has 0 bridgehead atoms. The van der Waals surface area contributed by atoms with Gasteiger partial charge in [0.15, 0.2) is 5.78 Å². The lowest BCUT2D eigenvalue weighted by Gasteiger charge is -2.70. The van der Waals surface area contributed by atoms with Crippen molar-refractivity contribution in [2.75, 3.05) is 0 Å². The molecule has 0 radical (unpaired) electrons. The van der Waals surface area contributed by atoms with Crippen LogP contribution in [0.25, 0.3) is 6.08 Å². The van der Waals surface area contributed by atoms with Crippen molar-refractivity contribution >= 4 is 17.8 Å². The van der Waals surface area contributed by atoms with Crippen LogP contribution >= 0.6 is 0 Å². The van der Waals surface area contributed by atoms with E-state index in [4.69, 9.17) is 0 Å². The fraction of sp³-hybridized carbons (Fsp3) is 0.714. The van der Waals surface area contributed by atoms with Gasteiger partial charge in [0.25, 0.3) is 0 Å². The maximum absolute atomic E-state index is 13.9. The normalized spacial score (nSPS) is 46.9. The summed E-state index contributed by atoms with van der Waals surface area (Å²) in [4.78, 5) is 35.0. The van der Waals surface area contributed by atoms with Crippen LogP contribution < -0.4 is 0 Å². The van der Waals surface area contributed by atoms with Gasteiger partial charge in [-0.1, -0.05) is 53.2 Å². The molecule has 0 spiro atoms. The highest BCUT2D eigenvalue weighted by atomic mass is 16.4. The minimum atomic E-state index is -0.640. The second kappa shape index (κ2) is 8.61. The van der Waals surface area contributed by atoms with Crippen molar-refractivity contribution in [3.05, 3.63) is 41.5 Å². The fourth-order valence-electron chi connectivity index (χ4n) is 11.1. The molecule has 5 aliphatic carbocycles. The minimum Gasteiger partial charge on any atom is -0.481 e. The van der Waals surface area contributed by atoms with E-state index < -0.39 is 16.8 Å². The summed E-state index contributed by atoms with van der Waals surface area (Å²) in [6.07, 6.45) is 18.6. The Balaban J connectivity index is 1.43. The van der Waals surface area contributed by atoms with Gasteiger partial charge in [0.05, 0.1) is 17.3 Å². The molecule has 4 fully saturated rings. The van der Waals surface area contributed by atoms with Gasteiger partial charge in [-0.05, 0) is 116 Å². The number of aromatic nitrogens is 2. The maximum atomic E-state index is 13.9. The smallest absolute Gasteiger partial charge is 0.309 e. The second-order valence-electron chi connectivity index (χ2n) is 16.1. The summed E-state index contributed by atoms with van der Waals surface area (Å²) in [5.41, 5.74) is 2.49. The van der Waals surface area contributed by atoms with Gasteiger partial charge in [0.1, 0.15) is 0 Å². The van der Waals surface area contributed by atoms with Gasteiger partial charge < -0.3 is 5.11 Å². The molecule has 0 amide bonds. The summed E-state index contributed by atoms with van der Waals surface area (Å²) in [5, 5.41) is 10.2. The largest absolute Gasteiger partial charge is 0.481 e. The number of carbonyl (C=O) groups is 2. The number of rotatable bonds is 2. The average Bonchev–Trinajstić information content (AvgIpc) is 2.89. The van der Waals surface area contributed by atoms with Crippen LogP contribution in [0.15, 0.2) is 35.8 Å². The predicted octanol–water partition coefficient (Wildman–Crippen LogP) is 7.93. The van der Waals surface area contributed by atoms with Gasteiger partial charge in [0, 0.05) is 17.8 Å². The number of aliphatic carboxylic acids is 1. The van der Waals surface area contributed by atoms with E-state index in [1.807, 2.05) is 13.0 Å². The Labute approximate surface area is 240 Å². The monoisotopic (exact) mass is 544 g/mol. The Kier molecular flexibility index (Phi) is 6.00. The van der Waals surface area contributed by atoms with Crippen LogP contribution in [-0.2, 0) is 9.59 Å². The van der Waals surface area contributed by atoms with Crippen LogP contribution in [0.5, 0.6) is 0 Å². The highest BCUT2D eigenvalue weighted by molar-refractivity contribution is 6.04. The first-order chi connectivity index (χ1) is 18.6. The van der Waals surface area contributed by atoms with E-state index in [1.54, 1.807) is 24.2 Å². The van der Waals surface area contributed by atoms with Crippen molar-refractivity contribution in [1.29, 1.82) is 0 Å². The number of carboxylic acids is 1. The number of nitrogens with zero attached hydrogens (tertiary/aromatic N) is 2. The molecule has 0 aromatic carbocycles. The number of fused-ring (bicyclic) bond motifs is 7. The molecule has 8 atom stereocenters. The lowest BCUT2D eigenvalue weighted by molar-refractivity contribution is -0.178. The zero-order chi connectivity index (χ0) is 28.9. The fourth-order valence-corrected chi connectivity index (χ4v) is 11.1. The first-order valence-electron chi connectivity index (χ1n) is 15.6. The van der Waals surface area contributed by atoms with Crippen LogP contribution in [-0.4, -0.2) is 26.8 Å². The van der Waals surface area contributed by atoms with E-state index in [9.17, 15) is 14.7 Å². The van der Waals surface area contributed by atoms with E-state index in [0.29, 0.717) is 17.8 Å². The molecule has 1 heterocycles. The molecule has 40 heavy (non-hydrogen) atoms. The second-order valence-corrected chi connectivity index (χ2v) is 16.1. The first-order valence-corrected chi connectivity index (χ1v) is 15.6. The highest BCUT2D eigenvalue weighted by Gasteiger charge is 2.68. The Bertz CT molecular complexity index is 1310. The lowest BCUT2D eigenvalue weighted by Crippen LogP contribution is -2.64. The van der Waals surface area contributed by atoms with Gasteiger partial charge in [-0.2, -0.15) is 0 Å². The number of Topliss-reactive ketones (excluding diaryl/α,β-unsaturated/α-hetero) is 1. The molecule has 4 saturated carbocycles. The van der Waals surface area contributed by atoms with Crippen molar-refractivity contribution in [3.8, 4) is 0 Å². The molecule has 5 nitrogen and oxygen atoms in total. The number of hydrogen-bond donors (Lipinski definition) is 1. The van der Waals surface area contributed by atoms with Gasteiger partial charge >= 0.3 is 5.97 Å². The van der Waals surface area contributed by atoms with Gasteiger partial charge in [0.2, 0.25) is 0 Å². The van der Waals surface area contributed by atoms with Crippen LogP contribution in [0.1, 0.15) is 112 Å². The van der Waals surface area contributed by atoms with Crippen LogP contribution in [0.3, 0.4) is 0 Å². The molecule has 5 heteroatoms. The summed E-state index contributed by atoms with van der Waals surface area (Å²) in [6.45, 7) is 16.3. The summed E-state index contributed by atoms with van der Waals surface area (Å²) >= 11 is 0. The number of allylic oxidation sites excluding steroid dienone is 3. The van der Waals surface area contributed by atoms with Gasteiger partial charge in [-0.25, -0.2) is 0 Å². The van der Waals surface area contributed by atoms with E-state index in [2.05, 4.69) is 57.6 Å². The van der Waals surface area contributed by atoms with E-state index in [-0.39, 0.29) is 27.4 Å². The molecular weight excluding hydrogens is 496 g/mol. The zero-order valence-corrected chi connectivity index (χ0v) is 25.6. The molecule has 0 aliphatic heterocycles. The zero-order valence-electron chi connectivity index (χ0n) is 25.6. The summed E-state index contributed by atoms with van der Waals surface area (Å²) in [6, 6.07) is 0. The third-order valence-electron chi connectivity index (χ3n) is 13.8. The topological polar surface area (TPSA) is 80.2 Å². The molecule has 1 aromatic rings. The molecule has 1 aromatic heterocycles. The summed E-state index contributed by atoms with van der Waals surface area (Å²) < 4.78 is 0. The lowest BCUT2D eigenvalue weighted by atomic mass is 9.33. The summed E-state index contributed by atoms with van der Waals surface area (Å²) in [5.74, 6) is 0.768. The average molecular weight is 545 g/mol. The first kappa shape index (κ1) is 27.8. The highest BCUT2D eigenvalue weighted by Crippen LogP contribution is 2.75. The maximum Gasteiger partial charge on any atom is 0.309 e. The third kappa shape index (κ3) is 3.57. The predicted molar refractivity (Wildman–Crippen MR) is 157 cm³/mol. The molecule has 0 saturated heterocycles. The molecule has 216 valence electrons. The Morgan fingerprint density at radius 2 is 1.70 bits per heavy atom. The van der Waals surface area contributed by atoms with Crippen LogP contribution in [0, 0.1) is 50.2 Å². The van der Waals surface area contributed by atoms with Crippen molar-refractivity contribution in [1.82, 2.24) is 9.97 Å². The van der Waals surface area contributed by atoms with Crippen LogP contribution in [0.2, 0.25) is 0 Å². The number of carboxylic acid groups (broad SMARTS) is 1. The van der Waals surface area contributed by atoms with Crippen molar-refractivity contribution < 1.29 is 14.7 Å². The molecule has 1 N–H and O–H groups in total. The summed E-state index contributed by atoms with van der Waals surface area (Å²) in [7, 11) is 0. The molecule has 5 aliphatic rings. The van der Waals surface area contributed by atoms with E-state index in [1.165, 1.54) is 12.8 Å². The molecule has 0 unspecified atom stereocenters. The van der Waals surface area contributed by atoms with Gasteiger partial charge in [-0.15, -0.1) is 0 Å². The number of carbonyl (C=O) groups excluding carboxylic acids is 1. The van der Waals surface area contributed by atoms with Crippen molar-refractivity contribution in [2.24, 2.45) is 50.2 Å². The van der Waals surface area contributed by atoms with Crippen molar-refractivity contribution in [3.63, 3.8) is 0 Å². The Hall–Kier alpha value is -2.30.